The maximum Gasteiger partial charge on any atom is 0.306 e. The van der Waals surface area contributed by atoms with Crippen LogP contribution < -0.4 is 0 Å². The monoisotopic (exact) mass is 406 g/mol. The fraction of sp³-hybridized carbons (Fsp3) is 0.708. The summed E-state index contributed by atoms with van der Waals surface area (Å²) in [4.78, 5) is 12.3. The Hall–Kier alpha value is -1.59. The minimum atomic E-state index is -0.416. The first kappa shape index (κ1) is 23.7. The molecule has 1 aliphatic rings. The van der Waals surface area contributed by atoms with Crippen LogP contribution in [0.3, 0.4) is 0 Å². The summed E-state index contributed by atoms with van der Waals surface area (Å²) >= 11 is 0. The van der Waals surface area contributed by atoms with Gasteiger partial charge in [0.05, 0.1) is 13.2 Å². The van der Waals surface area contributed by atoms with E-state index < -0.39 is 5.41 Å². The first-order valence-corrected chi connectivity index (χ1v) is 10.4. The van der Waals surface area contributed by atoms with Crippen LogP contribution in [-0.2, 0) is 30.8 Å². The maximum atomic E-state index is 12.3. The van der Waals surface area contributed by atoms with E-state index in [-0.39, 0.29) is 29.7 Å². The molecule has 0 amide bonds. The number of carbonyl (C=O) groups excluding carboxylic acids is 1. The van der Waals surface area contributed by atoms with Gasteiger partial charge in [-0.3, -0.25) is 4.79 Å². The van der Waals surface area contributed by atoms with E-state index in [9.17, 15) is 9.90 Å². The van der Waals surface area contributed by atoms with Crippen LogP contribution in [0.25, 0.3) is 0 Å². The van der Waals surface area contributed by atoms with Gasteiger partial charge in [0.15, 0.2) is 6.29 Å². The fourth-order valence-corrected chi connectivity index (χ4v) is 3.37. The molecule has 0 aliphatic carbocycles. The number of phenolic OH excluding ortho intramolecular Hbond substituents is 1. The quantitative estimate of drug-likeness (QED) is 0.681. The highest BCUT2D eigenvalue weighted by molar-refractivity contribution is 5.69. The number of rotatable bonds is 6. The highest BCUT2D eigenvalue weighted by atomic mass is 16.7. The zero-order chi connectivity index (χ0) is 22.0. The predicted molar refractivity (Wildman–Crippen MR) is 114 cm³/mol. The zero-order valence-corrected chi connectivity index (χ0v) is 19.3. The fourth-order valence-electron chi connectivity index (χ4n) is 3.37. The Labute approximate surface area is 175 Å². The number of esters is 1. The van der Waals surface area contributed by atoms with E-state index in [0.29, 0.717) is 31.8 Å². The summed E-state index contributed by atoms with van der Waals surface area (Å²) in [5, 5.41) is 10.3. The first-order valence-electron chi connectivity index (χ1n) is 10.4. The van der Waals surface area contributed by atoms with Gasteiger partial charge in [-0.1, -0.05) is 60.6 Å². The van der Waals surface area contributed by atoms with Gasteiger partial charge in [0.25, 0.3) is 0 Å². The molecular weight excluding hydrogens is 368 g/mol. The van der Waals surface area contributed by atoms with E-state index in [1.807, 2.05) is 32.9 Å². The summed E-state index contributed by atoms with van der Waals surface area (Å²) < 4.78 is 17.2. The lowest BCUT2D eigenvalue weighted by molar-refractivity contribution is -0.269. The molecule has 1 N–H and O–H groups in total. The average molecular weight is 407 g/mol. The van der Waals surface area contributed by atoms with E-state index in [1.165, 1.54) is 0 Å². The molecule has 0 radical (unpaired) electrons. The standard InChI is InChI=1S/C24H38O5/c1-16-11-17(12-18(20(16)26)22(2,3)4)9-10-19(25)27-15-24(7,8)21-28-13-23(5,6)14-29-21/h11-12,21,26H,9-10,13-15H2,1-8H3. The largest absolute Gasteiger partial charge is 0.507 e. The Kier molecular flexibility index (Phi) is 7.06. The number of aromatic hydroxyl groups is 1. The van der Waals surface area contributed by atoms with E-state index in [4.69, 9.17) is 14.2 Å². The molecule has 1 fully saturated rings. The van der Waals surface area contributed by atoms with Crippen molar-refractivity contribution in [3.63, 3.8) is 0 Å². The molecule has 164 valence electrons. The van der Waals surface area contributed by atoms with Crippen molar-refractivity contribution < 1.29 is 24.1 Å². The van der Waals surface area contributed by atoms with Crippen LogP contribution >= 0.6 is 0 Å². The number of hydrogen-bond acceptors (Lipinski definition) is 5. The smallest absolute Gasteiger partial charge is 0.306 e. The van der Waals surface area contributed by atoms with E-state index in [1.54, 1.807) is 0 Å². The van der Waals surface area contributed by atoms with Crippen LogP contribution in [0, 0.1) is 17.8 Å². The Morgan fingerprint density at radius 3 is 2.31 bits per heavy atom. The molecule has 0 atom stereocenters. The van der Waals surface area contributed by atoms with E-state index >= 15 is 0 Å². The summed E-state index contributed by atoms with van der Waals surface area (Å²) in [6.45, 7) is 17.8. The maximum absolute atomic E-state index is 12.3. The van der Waals surface area contributed by atoms with Crippen molar-refractivity contribution in [3.8, 4) is 5.75 Å². The minimum absolute atomic E-state index is 0.0113. The molecule has 1 aromatic rings. The van der Waals surface area contributed by atoms with E-state index in [0.717, 1.165) is 16.7 Å². The summed E-state index contributed by atoms with van der Waals surface area (Å²) in [6, 6.07) is 3.93. The molecule has 29 heavy (non-hydrogen) atoms. The third kappa shape index (κ3) is 6.45. The lowest BCUT2D eigenvalue weighted by atomic mass is 9.83. The molecule has 1 heterocycles. The predicted octanol–water partition coefficient (Wildman–Crippen LogP) is 4.90. The van der Waals surface area contributed by atoms with Crippen molar-refractivity contribution in [2.45, 2.75) is 79.9 Å². The van der Waals surface area contributed by atoms with E-state index in [2.05, 4.69) is 34.6 Å². The topological polar surface area (TPSA) is 65.0 Å². The molecule has 2 rings (SSSR count). The number of ether oxygens (including phenoxy) is 3. The molecule has 0 bridgehead atoms. The Morgan fingerprint density at radius 2 is 1.76 bits per heavy atom. The van der Waals surface area contributed by atoms with Crippen molar-refractivity contribution in [2.24, 2.45) is 10.8 Å². The lowest BCUT2D eigenvalue weighted by Gasteiger charge is -2.41. The second-order valence-electron chi connectivity index (χ2n) is 10.8. The summed E-state index contributed by atoms with van der Waals surface area (Å²) in [6.07, 6.45) is 0.495. The Bertz CT molecular complexity index is 718. The molecule has 5 heteroatoms. The molecule has 0 aromatic heterocycles. The highest BCUT2D eigenvalue weighted by Gasteiger charge is 2.38. The molecule has 0 saturated carbocycles. The molecular formula is C24H38O5. The van der Waals surface area contributed by atoms with Crippen molar-refractivity contribution in [3.05, 3.63) is 28.8 Å². The van der Waals surface area contributed by atoms with Crippen LogP contribution in [0.5, 0.6) is 5.75 Å². The summed E-state index contributed by atoms with van der Waals surface area (Å²) in [5.74, 6) is 0.0958. The number of benzene rings is 1. The van der Waals surface area contributed by atoms with Crippen LogP contribution in [0.4, 0.5) is 0 Å². The van der Waals surface area contributed by atoms with Crippen molar-refractivity contribution in [2.75, 3.05) is 19.8 Å². The van der Waals surface area contributed by atoms with Gasteiger partial charge in [-0.05, 0) is 35.4 Å². The molecule has 5 nitrogen and oxygen atoms in total. The van der Waals surface area contributed by atoms with Gasteiger partial charge >= 0.3 is 5.97 Å². The van der Waals surface area contributed by atoms with Crippen molar-refractivity contribution >= 4 is 5.97 Å². The van der Waals surface area contributed by atoms with Gasteiger partial charge in [-0.25, -0.2) is 0 Å². The van der Waals surface area contributed by atoms with Gasteiger partial charge in [-0.2, -0.15) is 0 Å². The average Bonchev–Trinajstić information content (AvgIpc) is 2.59. The number of carbonyl (C=O) groups is 1. The van der Waals surface area contributed by atoms with Gasteiger partial charge < -0.3 is 19.3 Å². The number of hydrogen-bond donors (Lipinski definition) is 1. The SMILES string of the molecule is Cc1cc(CCC(=O)OCC(C)(C)C2OCC(C)(C)CO2)cc(C(C)(C)C)c1O. The third-order valence-electron chi connectivity index (χ3n) is 5.28. The molecule has 1 aliphatic heterocycles. The van der Waals surface area contributed by atoms with Crippen LogP contribution in [0.1, 0.15) is 71.6 Å². The van der Waals surface area contributed by atoms with Gasteiger partial charge in [-0.15, -0.1) is 0 Å². The van der Waals surface area contributed by atoms with Gasteiger partial charge in [0.2, 0.25) is 0 Å². The highest BCUT2D eigenvalue weighted by Crippen LogP contribution is 2.35. The minimum Gasteiger partial charge on any atom is -0.507 e. The number of aryl methyl sites for hydroxylation is 2. The second kappa shape index (κ2) is 8.65. The first-order chi connectivity index (χ1) is 13.2. The normalized spacial score (nSPS) is 17.9. The molecule has 1 aromatic carbocycles. The molecule has 0 unspecified atom stereocenters. The second-order valence-corrected chi connectivity index (χ2v) is 10.8. The van der Waals surface area contributed by atoms with Crippen LogP contribution in [0.2, 0.25) is 0 Å². The third-order valence-corrected chi connectivity index (χ3v) is 5.28. The molecule has 1 saturated heterocycles. The molecule has 0 spiro atoms. The van der Waals surface area contributed by atoms with Crippen LogP contribution in [-0.4, -0.2) is 37.2 Å². The van der Waals surface area contributed by atoms with Crippen molar-refractivity contribution in [1.82, 2.24) is 0 Å². The lowest BCUT2D eigenvalue weighted by Crippen LogP contribution is -2.46. The Morgan fingerprint density at radius 1 is 1.17 bits per heavy atom. The van der Waals surface area contributed by atoms with Crippen molar-refractivity contribution in [1.29, 1.82) is 0 Å². The number of phenols is 1. The summed E-state index contributed by atoms with van der Waals surface area (Å²) in [7, 11) is 0. The Balaban J connectivity index is 1.90. The van der Waals surface area contributed by atoms with Gasteiger partial charge in [0.1, 0.15) is 12.4 Å². The van der Waals surface area contributed by atoms with Gasteiger partial charge in [0, 0.05) is 17.3 Å². The summed E-state index contributed by atoms with van der Waals surface area (Å²) in [5.41, 5.74) is 2.19. The van der Waals surface area contributed by atoms with Crippen LogP contribution in [0.15, 0.2) is 12.1 Å². The zero-order valence-electron chi connectivity index (χ0n) is 19.3.